The molecule has 1 unspecified atom stereocenters. The first-order chi connectivity index (χ1) is 24.9. The second kappa shape index (κ2) is 14.9. The van der Waals surface area contributed by atoms with Gasteiger partial charge in [0, 0.05) is 83.1 Å². The monoisotopic (exact) mass is 737 g/mol. The third kappa shape index (κ3) is 7.83. The lowest BCUT2D eigenvalue weighted by molar-refractivity contribution is -0.142. The highest BCUT2D eigenvalue weighted by Crippen LogP contribution is 2.27. The minimum Gasteiger partial charge on any atom is -0.436 e. The summed E-state index contributed by atoms with van der Waals surface area (Å²) >= 11 is 0. The van der Waals surface area contributed by atoms with Crippen LogP contribution < -0.4 is 11.1 Å². The first-order valence-electron chi connectivity index (χ1n) is 18.1. The van der Waals surface area contributed by atoms with Gasteiger partial charge in [0.1, 0.15) is 0 Å². The second-order valence-electron chi connectivity index (χ2n) is 14.4. The predicted octanol–water partition coefficient (Wildman–Crippen LogP) is 2.60. The van der Waals surface area contributed by atoms with E-state index in [2.05, 4.69) is 15.2 Å². The van der Waals surface area contributed by atoms with E-state index >= 15 is 0 Å². The molecule has 5 heterocycles. The van der Waals surface area contributed by atoms with Gasteiger partial charge in [0.05, 0.1) is 11.8 Å². The molecule has 7 rings (SSSR count). The first-order valence-corrected chi connectivity index (χ1v) is 20.0. The number of fused-ring (bicyclic) bond motifs is 2. The Hall–Kier alpha value is -4.41. The largest absolute Gasteiger partial charge is 0.436 e. The summed E-state index contributed by atoms with van der Waals surface area (Å²) in [5.74, 6) is -0.849. The number of benzene rings is 2. The Balaban J connectivity index is 0.997. The Labute approximate surface area is 302 Å². The van der Waals surface area contributed by atoms with Crippen LogP contribution in [-0.4, -0.2) is 139 Å². The van der Waals surface area contributed by atoms with E-state index in [1.807, 2.05) is 42.2 Å². The van der Waals surface area contributed by atoms with Crippen LogP contribution in [0.15, 0.2) is 45.6 Å². The SMILES string of the molecule is Cc1cc(CC(OC(=O)N2CCC(N3CCc4ccccc4NC3=O)CC2)C(=O)N2CCC(N3CCN(S(C)(=O)=O)CC3)CC2)cc2oc(=O)[nH]c12. The molecule has 16 heteroatoms. The number of H-pyrrole nitrogens is 1. The van der Waals surface area contributed by atoms with Crippen molar-refractivity contribution < 1.29 is 32.0 Å². The van der Waals surface area contributed by atoms with Gasteiger partial charge in [-0.25, -0.2) is 22.8 Å². The summed E-state index contributed by atoms with van der Waals surface area (Å²) in [7, 11) is -3.22. The number of piperidine rings is 2. The maximum absolute atomic E-state index is 14.1. The number of nitrogens with one attached hydrogen (secondary N) is 2. The van der Waals surface area contributed by atoms with Crippen molar-refractivity contribution in [2.24, 2.45) is 0 Å². The maximum atomic E-state index is 14.1. The molecule has 0 aliphatic carbocycles. The number of oxazole rings is 1. The summed E-state index contributed by atoms with van der Waals surface area (Å²) in [4.78, 5) is 63.1. The van der Waals surface area contributed by atoms with Gasteiger partial charge in [-0.3, -0.25) is 14.7 Å². The van der Waals surface area contributed by atoms with E-state index in [9.17, 15) is 27.6 Å². The van der Waals surface area contributed by atoms with Crippen molar-refractivity contribution in [2.75, 3.05) is 70.5 Å². The lowest BCUT2D eigenvalue weighted by Gasteiger charge is -2.42. The van der Waals surface area contributed by atoms with Crippen LogP contribution >= 0.6 is 0 Å². The number of aryl methyl sites for hydroxylation is 1. The average molecular weight is 738 g/mol. The minimum atomic E-state index is -3.22. The number of sulfonamides is 1. The van der Waals surface area contributed by atoms with Gasteiger partial charge in [0.2, 0.25) is 10.0 Å². The van der Waals surface area contributed by atoms with E-state index in [1.165, 1.54) is 10.6 Å². The van der Waals surface area contributed by atoms with Gasteiger partial charge in [-0.2, -0.15) is 4.31 Å². The van der Waals surface area contributed by atoms with Gasteiger partial charge >= 0.3 is 17.9 Å². The average Bonchev–Trinajstić information content (AvgIpc) is 3.43. The highest BCUT2D eigenvalue weighted by atomic mass is 32.2. The van der Waals surface area contributed by atoms with E-state index in [1.54, 1.807) is 15.9 Å². The smallest absolute Gasteiger partial charge is 0.417 e. The zero-order chi connectivity index (χ0) is 36.6. The number of ether oxygens (including phenoxy) is 1. The molecule has 4 amide bonds. The number of rotatable bonds is 7. The molecule has 4 aliphatic heterocycles. The Morgan fingerprint density at radius 1 is 0.904 bits per heavy atom. The molecule has 4 aliphatic rings. The number of piperazine rings is 1. The number of amides is 4. The predicted molar refractivity (Wildman–Crippen MR) is 194 cm³/mol. The van der Waals surface area contributed by atoms with Crippen molar-refractivity contribution in [1.29, 1.82) is 0 Å². The zero-order valence-electron chi connectivity index (χ0n) is 29.7. The number of anilines is 1. The highest BCUT2D eigenvalue weighted by molar-refractivity contribution is 7.88. The number of urea groups is 1. The summed E-state index contributed by atoms with van der Waals surface area (Å²) < 4.78 is 36.8. The molecule has 15 nitrogen and oxygen atoms in total. The molecule has 3 fully saturated rings. The molecule has 1 atom stereocenters. The number of carbonyl (C=O) groups excluding carboxylic acids is 3. The van der Waals surface area contributed by atoms with Gasteiger partial charge in [-0.15, -0.1) is 0 Å². The van der Waals surface area contributed by atoms with Gasteiger partial charge in [-0.05, 0) is 67.9 Å². The van der Waals surface area contributed by atoms with Crippen LogP contribution in [0.3, 0.4) is 0 Å². The van der Waals surface area contributed by atoms with E-state index < -0.39 is 28.0 Å². The molecular formula is C36H47N7O8S. The lowest BCUT2D eigenvalue weighted by atomic mass is 10.00. The Kier molecular flexibility index (Phi) is 10.3. The molecule has 0 radical (unpaired) electrons. The zero-order valence-corrected chi connectivity index (χ0v) is 30.5. The van der Waals surface area contributed by atoms with Crippen LogP contribution in [0, 0.1) is 6.92 Å². The summed E-state index contributed by atoms with van der Waals surface area (Å²) in [5, 5.41) is 3.03. The van der Waals surface area contributed by atoms with Gasteiger partial charge in [-0.1, -0.05) is 24.3 Å². The fraction of sp³-hybridized carbons (Fsp3) is 0.556. The van der Waals surface area contributed by atoms with Gasteiger partial charge in [0.15, 0.2) is 11.7 Å². The molecular weight excluding hydrogens is 691 g/mol. The topological polar surface area (TPSA) is 169 Å². The quantitative estimate of drug-likeness (QED) is 0.370. The van der Waals surface area contributed by atoms with Crippen LogP contribution in [-0.2, 0) is 32.4 Å². The third-order valence-corrected chi connectivity index (χ3v) is 12.4. The fourth-order valence-corrected chi connectivity index (χ4v) is 8.98. The molecule has 0 spiro atoms. The fourth-order valence-electron chi connectivity index (χ4n) is 8.16. The van der Waals surface area contributed by atoms with Gasteiger partial charge in [0.25, 0.3) is 5.91 Å². The molecule has 280 valence electrons. The molecule has 2 aromatic carbocycles. The lowest BCUT2D eigenvalue weighted by Crippen LogP contribution is -2.55. The van der Waals surface area contributed by atoms with E-state index in [-0.39, 0.29) is 30.4 Å². The van der Waals surface area contributed by atoms with E-state index in [0.29, 0.717) is 88.4 Å². The van der Waals surface area contributed by atoms with Crippen molar-refractivity contribution in [2.45, 2.75) is 63.6 Å². The maximum Gasteiger partial charge on any atom is 0.417 e. The summed E-state index contributed by atoms with van der Waals surface area (Å²) in [5.41, 5.74) is 4.35. The van der Waals surface area contributed by atoms with Crippen LogP contribution in [0.1, 0.15) is 42.4 Å². The number of hydrogen-bond acceptors (Lipinski definition) is 9. The van der Waals surface area contributed by atoms with Crippen molar-refractivity contribution in [3.63, 3.8) is 0 Å². The Morgan fingerprint density at radius 2 is 1.58 bits per heavy atom. The normalized spacial score (nSPS) is 20.7. The van der Waals surface area contributed by atoms with Crippen LogP contribution in [0.2, 0.25) is 0 Å². The molecule has 3 aromatic rings. The minimum absolute atomic E-state index is 0.0304. The summed E-state index contributed by atoms with van der Waals surface area (Å²) in [6.07, 6.45) is 3.05. The van der Waals surface area contributed by atoms with Crippen LogP contribution in [0.5, 0.6) is 0 Å². The number of aromatic nitrogens is 1. The number of carbonyl (C=O) groups is 3. The van der Waals surface area contributed by atoms with Crippen LogP contribution in [0.4, 0.5) is 15.3 Å². The highest BCUT2D eigenvalue weighted by Gasteiger charge is 2.37. The first kappa shape index (κ1) is 36.0. The number of likely N-dealkylation sites (tertiary alicyclic amines) is 2. The number of para-hydroxylation sites is 1. The third-order valence-electron chi connectivity index (χ3n) is 11.1. The number of nitrogens with zero attached hydrogens (tertiary/aromatic N) is 5. The van der Waals surface area contributed by atoms with Crippen molar-refractivity contribution in [3.05, 3.63) is 63.6 Å². The number of hydrogen-bond donors (Lipinski definition) is 2. The second-order valence-corrected chi connectivity index (χ2v) is 16.4. The van der Waals surface area contributed by atoms with E-state index in [0.717, 1.165) is 36.1 Å². The van der Waals surface area contributed by atoms with Crippen LogP contribution in [0.25, 0.3) is 11.1 Å². The molecule has 0 saturated carbocycles. The summed E-state index contributed by atoms with van der Waals surface area (Å²) in [6.45, 7) is 6.39. The van der Waals surface area contributed by atoms with Crippen molar-refractivity contribution in [1.82, 2.24) is 28.9 Å². The molecule has 2 N–H and O–H groups in total. The molecule has 0 bridgehead atoms. The molecule has 1 aromatic heterocycles. The van der Waals surface area contributed by atoms with Crippen molar-refractivity contribution in [3.8, 4) is 0 Å². The Morgan fingerprint density at radius 3 is 2.29 bits per heavy atom. The standard InChI is InChI=1S/C36H47N7O8S/c1-24-21-25(22-30-32(24)38-35(46)50-30)23-31(33(44)40-12-8-27(9-13-40)39-17-19-42(20-18-39)52(2,48)49)51-36(47)41-14-10-28(11-15-41)43-16-7-26-5-3-4-6-29(26)37-34(43)45/h3-6,21-22,27-28,31H,7-20,23H2,1-2H3,(H,37,45)(H,38,46). The van der Waals surface area contributed by atoms with E-state index in [4.69, 9.17) is 9.15 Å². The number of aromatic amines is 1. The Bertz CT molecular complexity index is 1970. The summed E-state index contributed by atoms with van der Waals surface area (Å²) in [6, 6.07) is 11.4. The van der Waals surface area contributed by atoms with Crippen molar-refractivity contribution >= 4 is 44.8 Å². The molecule has 3 saturated heterocycles. The van der Waals surface area contributed by atoms with Gasteiger partial charge < -0.3 is 29.2 Å². The molecule has 52 heavy (non-hydrogen) atoms.